The van der Waals surface area contributed by atoms with Gasteiger partial charge in [-0.15, -0.1) is 11.3 Å². The number of thiazole rings is 1. The van der Waals surface area contributed by atoms with Gasteiger partial charge in [-0.2, -0.15) is 0 Å². The molecule has 3 rings (SSSR count). The second-order valence-electron chi connectivity index (χ2n) is 6.86. The summed E-state index contributed by atoms with van der Waals surface area (Å²) >= 11 is 1.32. The molecule has 1 aliphatic carbocycles. The van der Waals surface area contributed by atoms with Gasteiger partial charge in [0, 0.05) is 13.0 Å². The van der Waals surface area contributed by atoms with Crippen molar-refractivity contribution in [3.8, 4) is 0 Å². The third-order valence-electron chi connectivity index (χ3n) is 4.99. The van der Waals surface area contributed by atoms with Crippen LogP contribution in [0.15, 0.2) is 24.3 Å². The number of carbonyl (C=O) groups is 2. The molecule has 138 valence electrons. The predicted octanol–water partition coefficient (Wildman–Crippen LogP) is 2.96. The number of hydrogen-bond acceptors (Lipinski definition) is 4. The lowest BCUT2D eigenvalue weighted by Crippen LogP contribution is -2.44. The van der Waals surface area contributed by atoms with Gasteiger partial charge in [-0.05, 0) is 37.5 Å². The number of nitrogens with one attached hydrogen (secondary N) is 1. The van der Waals surface area contributed by atoms with Gasteiger partial charge in [-0.25, -0.2) is 9.37 Å². The van der Waals surface area contributed by atoms with E-state index in [4.69, 9.17) is 5.73 Å². The molecule has 1 saturated carbocycles. The summed E-state index contributed by atoms with van der Waals surface area (Å²) in [5.74, 6) is -0.842. The van der Waals surface area contributed by atoms with Crippen LogP contribution in [0, 0.1) is 18.2 Å². The van der Waals surface area contributed by atoms with E-state index in [0.717, 1.165) is 36.3 Å². The van der Waals surface area contributed by atoms with Crippen LogP contribution in [0.1, 0.15) is 51.6 Å². The van der Waals surface area contributed by atoms with Gasteiger partial charge in [0.2, 0.25) is 5.91 Å². The molecule has 1 heterocycles. The van der Waals surface area contributed by atoms with Crippen LogP contribution in [0.25, 0.3) is 0 Å². The molecule has 26 heavy (non-hydrogen) atoms. The lowest BCUT2D eigenvalue weighted by molar-refractivity contribution is -0.127. The number of aromatic nitrogens is 1. The lowest BCUT2D eigenvalue weighted by Gasteiger charge is -2.25. The smallest absolute Gasteiger partial charge is 0.263 e. The summed E-state index contributed by atoms with van der Waals surface area (Å²) in [5, 5.41) is 3.67. The Balaban J connectivity index is 1.67. The van der Waals surface area contributed by atoms with Crippen LogP contribution in [0.3, 0.4) is 0 Å². The Kier molecular flexibility index (Phi) is 5.36. The highest BCUT2D eigenvalue weighted by molar-refractivity contribution is 7.13. The fourth-order valence-corrected chi connectivity index (χ4v) is 4.42. The van der Waals surface area contributed by atoms with Crippen molar-refractivity contribution in [3.05, 3.63) is 51.2 Å². The summed E-state index contributed by atoms with van der Waals surface area (Å²) in [6.07, 6.45) is 3.91. The highest BCUT2D eigenvalue weighted by Gasteiger charge is 2.39. The molecule has 0 spiro atoms. The second-order valence-corrected chi connectivity index (χ2v) is 7.94. The van der Waals surface area contributed by atoms with Crippen LogP contribution in [0.2, 0.25) is 0 Å². The van der Waals surface area contributed by atoms with Gasteiger partial charge < -0.3 is 11.1 Å². The van der Waals surface area contributed by atoms with Crippen molar-refractivity contribution < 1.29 is 14.0 Å². The van der Waals surface area contributed by atoms with Crippen molar-refractivity contribution in [1.82, 2.24) is 10.3 Å². The van der Waals surface area contributed by atoms with Gasteiger partial charge in [-0.3, -0.25) is 9.59 Å². The molecule has 1 aliphatic rings. The molecule has 2 aromatic rings. The van der Waals surface area contributed by atoms with Gasteiger partial charge in [-0.1, -0.05) is 25.0 Å². The minimum atomic E-state index is -0.620. The molecule has 0 atom stereocenters. The fraction of sp³-hybridized carbons (Fsp3) is 0.421. The summed E-state index contributed by atoms with van der Waals surface area (Å²) in [4.78, 5) is 29.4. The summed E-state index contributed by atoms with van der Waals surface area (Å²) in [5.41, 5.74) is 6.53. The van der Waals surface area contributed by atoms with Crippen molar-refractivity contribution >= 4 is 23.2 Å². The Hall–Kier alpha value is -2.28. The average Bonchev–Trinajstić information content (AvgIpc) is 3.22. The highest BCUT2D eigenvalue weighted by Crippen LogP contribution is 2.37. The molecule has 1 aromatic heterocycles. The van der Waals surface area contributed by atoms with Gasteiger partial charge >= 0.3 is 0 Å². The van der Waals surface area contributed by atoms with Crippen LogP contribution < -0.4 is 11.1 Å². The summed E-state index contributed by atoms with van der Waals surface area (Å²) in [6, 6.07) is 6.24. The van der Waals surface area contributed by atoms with Crippen LogP contribution in [0.4, 0.5) is 4.39 Å². The van der Waals surface area contributed by atoms with E-state index in [1.807, 2.05) is 0 Å². The largest absolute Gasteiger partial charge is 0.369 e. The maximum atomic E-state index is 13.0. The maximum Gasteiger partial charge on any atom is 0.263 e. The Morgan fingerprint density at radius 1 is 1.27 bits per heavy atom. The van der Waals surface area contributed by atoms with Crippen molar-refractivity contribution in [3.63, 3.8) is 0 Å². The predicted molar refractivity (Wildman–Crippen MR) is 98.5 cm³/mol. The minimum absolute atomic E-state index is 0.224. The highest BCUT2D eigenvalue weighted by atomic mass is 32.1. The Bertz CT molecular complexity index is 811. The maximum absolute atomic E-state index is 13.0. The number of primary amides is 1. The van der Waals surface area contributed by atoms with Crippen molar-refractivity contribution in [1.29, 1.82) is 0 Å². The van der Waals surface area contributed by atoms with Crippen LogP contribution in [-0.2, 0) is 11.2 Å². The van der Waals surface area contributed by atoms with Crippen molar-refractivity contribution in [2.75, 3.05) is 6.54 Å². The van der Waals surface area contributed by atoms with Crippen molar-refractivity contribution in [2.24, 2.45) is 11.1 Å². The number of carbonyl (C=O) groups excluding carboxylic acids is 2. The molecule has 1 fully saturated rings. The lowest BCUT2D eigenvalue weighted by atomic mass is 9.85. The Labute approximate surface area is 155 Å². The topological polar surface area (TPSA) is 85.1 Å². The van der Waals surface area contributed by atoms with E-state index in [1.165, 1.54) is 23.5 Å². The van der Waals surface area contributed by atoms with E-state index in [9.17, 15) is 14.0 Å². The van der Waals surface area contributed by atoms with Crippen molar-refractivity contribution in [2.45, 2.75) is 39.0 Å². The molecule has 7 heteroatoms. The Morgan fingerprint density at radius 3 is 2.54 bits per heavy atom. The third kappa shape index (κ3) is 3.93. The molecule has 5 nitrogen and oxygen atoms in total. The first-order valence-corrected chi connectivity index (χ1v) is 9.50. The molecule has 3 N–H and O–H groups in total. The van der Waals surface area contributed by atoms with Crippen LogP contribution in [0.5, 0.6) is 0 Å². The van der Waals surface area contributed by atoms with Gasteiger partial charge in [0.15, 0.2) is 0 Å². The quantitative estimate of drug-likeness (QED) is 0.814. The van der Waals surface area contributed by atoms with E-state index in [1.54, 1.807) is 19.1 Å². The third-order valence-corrected chi connectivity index (χ3v) is 6.14. The molecule has 1 aromatic carbocycles. The zero-order chi connectivity index (χ0) is 18.7. The number of halogens is 1. The Morgan fingerprint density at radius 2 is 1.92 bits per heavy atom. The first-order valence-electron chi connectivity index (χ1n) is 8.68. The van der Waals surface area contributed by atoms with Gasteiger partial charge in [0.05, 0.1) is 16.1 Å². The number of hydrogen-bond donors (Lipinski definition) is 2. The number of benzene rings is 1. The SMILES string of the molecule is Cc1nc(Cc2ccc(F)cc2)sc1C(=O)NCC1(C(N)=O)CCCC1. The van der Waals surface area contributed by atoms with Crippen LogP contribution >= 0.6 is 11.3 Å². The average molecular weight is 375 g/mol. The molecule has 0 radical (unpaired) electrons. The first-order chi connectivity index (χ1) is 12.4. The number of rotatable bonds is 6. The zero-order valence-electron chi connectivity index (χ0n) is 14.7. The monoisotopic (exact) mass is 375 g/mol. The fourth-order valence-electron chi connectivity index (χ4n) is 3.41. The standard InChI is InChI=1S/C19H22FN3O2S/c1-12-16(17(24)22-11-19(18(21)25)8-2-3-9-19)26-15(23-12)10-13-4-6-14(20)7-5-13/h4-7H,2-3,8-11H2,1H3,(H2,21,25)(H,22,24). The number of nitrogens with zero attached hydrogens (tertiary/aromatic N) is 1. The van der Waals surface area contributed by atoms with E-state index in [2.05, 4.69) is 10.3 Å². The number of nitrogens with two attached hydrogens (primary N) is 1. The van der Waals surface area contributed by atoms with Gasteiger partial charge in [0.1, 0.15) is 10.7 Å². The molecule has 2 amide bonds. The minimum Gasteiger partial charge on any atom is -0.369 e. The summed E-state index contributed by atoms with van der Waals surface area (Å²) < 4.78 is 13.0. The van der Waals surface area contributed by atoms with E-state index in [-0.39, 0.29) is 24.2 Å². The molecular formula is C19H22FN3O2S. The second kappa shape index (κ2) is 7.53. The molecule has 0 unspecified atom stereocenters. The molecule has 0 bridgehead atoms. The van der Waals surface area contributed by atoms with Crippen LogP contribution in [-0.4, -0.2) is 23.3 Å². The zero-order valence-corrected chi connectivity index (χ0v) is 15.5. The molecule has 0 aliphatic heterocycles. The number of amides is 2. The van der Waals surface area contributed by atoms with E-state index < -0.39 is 5.41 Å². The normalized spacial score (nSPS) is 15.8. The summed E-state index contributed by atoms with van der Waals surface area (Å²) in [6.45, 7) is 2.06. The molecule has 0 saturated heterocycles. The first kappa shape index (κ1) is 18.5. The molecular weight excluding hydrogens is 353 g/mol. The number of aryl methyl sites for hydroxylation is 1. The van der Waals surface area contributed by atoms with Gasteiger partial charge in [0.25, 0.3) is 5.91 Å². The van der Waals surface area contributed by atoms with E-state index >= 15 is 0 Å². The summed E-state index contributed by atoms with van der Waals surface area (Å²) in [7, 11) is 0. The van der Waals surface area contributed by atoms with E-state index in [0.29, 0.717) is 17.0 Å².